The van der Waals surface area contributed by atoms with Crippen molar-refractivity contribution in [3.63, 3.8) is 0 Å². The first-order valence-electron chi connectivity index (χ1n) is 11.1. The van der Waals surface area contributed by atoms with Crippen molar-refractivity contribution < 1.29 is 22.8 Å². The van der Waals surface area contributed by atoms with Crippen molar-refractivity contribution in [1.29, 1.82) is 0 Å². The van der Waals surface area contributed by atoms with Gasteiger partial charge < -0.3 is 10.2 Å². The number of anilines is 2. The number of hydrogen-bond acceptors (Lipinski definition) is 3. The zero-order chi connectivity index (χ0) is 26.7. The summed E-state index contributed by atoms with van der Waals surface area (Å²) in [6.07, 6.45) is -4.34. The van der Waals surface area contributed by atoms with Crippen molar-refractivity contribution >= 4 is 68.1 Å². The maximum Gasteiger partial charge on any atom is 0.416 e. The molecule has 1 heterocycles. The number of halogens is 5. The first-order chi connectivity index (χ1) is 17.5. The maximum atomic E-state index is 13.5. The summed E-state index contributed by atoms with van der Waals surface area (Å²) >= 11 is 14.8. The van der Waals surface area contributed by atoms with Crippen molar-refractivity contribution in [2.75, 3.05) is 16.8 Å². The second-order valence-corrected chi connectivity index (χ2v) is 10.1. The van der Waals surface area contributed by atoms with Crippen LogP contribution in [0.5, 0.6) is 0 Å². The van der Waals surface area contributed by atoms with Crippen LogP contribution in [0.25, 0.3) is 0 Å². The van der Waals surface area contributed by atoms with Gasteiger partial charge in [-0.1, -0.05) is 45.7 Å². The monoisotopic (exact) mass is 609 g/mol. The lowest BCUT2D eigenvalue weighted by atomic mass is 10.1. The minimum Gasteiger partial charge on any atom is -0.336 e. The van der Waals surface area contributed by atoms with E-state index in [1.165, 1.54) is 12.1 Å². The summed E-state index contributed by atoms with van der Waals surface area (Å²) in [4.78, 5) is 29.0. The highest BCUT2D eigenvalue weighted by molar-refractivity contribution is 9.10. The molecule has 0 aliphatic carbocycles. The van der Waals surface area contributed by atoms with E-state index in [4.69, 9.17) is 23.8 Å². The van der Waals surface area contributed by atoms with Crippen LogP contribution in [0.3, 0.4) is 0 Å². The van der Waals surface area contributed by atoms with E-state index < -0.39 is 29.6 Å². The Balaban J connectivity index is 1.59. The van der Waals surface area contributed by atoms with Crippen LogP contribution in [0.15, 0.2) is 77.3 Å². The number of nitrogens with zero attached hydrogens (tertiary/aromatic N) is 2. The standard InChI is InChI=1S/C26H20BrClF3N3O2S/c27-18-6-10-20(11-7-18)32-23(35)15-22-24(36)34(21-3-1-2-17(14-21)26(29,30)31)25(37)33(22)13-12-16-4-8-19(28)9-5-16/h1-11,14,22H,12-13,15H2,(H,32,35). The predicted octanol–water partition coefficient (Wildman–Crippen LogP) is 6.69. The lowest BCUT2D eigenvalue weighted by molar-refractivity contribution is -0.137. The van der Waals surface area contributed by atoms with E-state index in [0.717, 1.165) is 27.1 Å². The quantitative estimate of drug-likeness (QED) is 0.303. The molecule has 3 aromatic carbocycles. The summed E-state index contributed by atoms with van der Waals surface area (Å²) in [6.45, 7) is 0.276. The Hall–Kier alpha value is -2.95. The van der Waals surface area contributed by atoms with Gasteiger partial charge in [-0.3, -0.25) is 14.5 Å². The van der Waals surface area contributed by atoms with E-state index >= 15 is 0 Å². The molecular formula is C26H20BrClF3N3O2S. The molecule has 0 aromatic heterocycles. The fourth-order valence-corrected chi connectivity index (χ4v) is 4.77. The largest absolute Gasteiger partial charge is 0.416 e. The summed E-state index contributed by atoms with van der Waals surface area (Å²) in [5.74, 6) is -0.989. The van der Waals surface area contributed by atoms with Gasteiger partial charge >= 0.3 is 6.18 Å². The van der Waals surface area contributed by atoms with Crippen LogP contribution >= 0.6 is 39.7 Å². The molecule has 1 N–H and O–H groups in total. The van der Waals surface area contributed by atoms with Crippen molar-refractivity contribution in [3.8, 4) is 0 Å². The Morgan fingerprint density at radius 3 is 2.38 bits per heavy atom. The molecule has 192 valence electrons. The van der Waals surface area contributed by atoms with Crippen LogP contribution < -0.4 is 10.2 Å². The molecule has 2 amide bonds. The van der Waals surface area contributed by atoms with Crippen LogP contribution in [0.1, 0.15) is 17.5 Å². The fourth-order valence-electron chi connectivity index (χ4n) is 3.97. The van der Waals surface area contributed by atoms with E-state index in [1.54, 1.807) is 41.3 Å². The summed E-state index contributed by atoms with van der Waals surface area (Å²) in [6, 6.07) is 17.5. The molecular weight excluding hydrogens is 591 g/mol. The molecule has 11 heteroatoms. The van der Waals surface area contributed by atoms with Gasteiger partial charge in [0.15, 0.2) is 5.11 Å². The van der Waals surface area contributed by atoms with Gasteiger partial charge in [-0.25, -0.2) is 0 Å². The molecule has 1 aliphatic heterocycles. The summed E-state index contributed by atoms with van der Waals surface area (Å²) < 4.78 is 40.8. The van der Waals surface area contributed by atoms with E-state index in [0.29, 0.717) is 17.1 Å². The summed E-state index contributed by atoms with van der Waals surface area (Å²) in [7, 11) is 0. The number of benzene rings is 3. The van der Waals surface area contributed by atoms with Gasteiger partial charge in [-0.2, -0.15) is 13.2 Å². The SMILES string of the molecule is O=C(CC1C(=O)N(c2cccc(C(F)(F)F)c2)C(=S)N1CCc1ccc(Cl)cc1)Nc1ccc(Br)cc1. The number of carbonyl (C=O) groups excluding carboxylic acids is 2. The van der Waals surface area contributed by atoms with E-state index in [1.807, 2.05) is 12.1 Å². The van der Waals surface area contributed by atoms with Crippen LogP contribution in [0, 0.1) is 0 Å². The zero-order valence-corrected chi connectivity index (χ0v) is 22.3. The number of rotatable bonds is 7. The first-order valence-corrected chi connectivity index (χ1v) is 12.7. The Bertz CT molecular complexity index is 1320. The Kier molecular flexibility index (Phi) is 8.20. The smallest absolute Gasteiger partial charge is 0.336 e. The van der Waals surface area contributed by atoms with Crippen LogP contribution in [0.2, 0.25) is 5.02 Å². The first kappa shape index (κ1) is 27.1. The molecule has 1 saturated heterocycles. The van der Waals surface area contributed by atoms with Crippen molar-refractivity contribution in [3.05, 3.63) is 93.4 Å². The van der Waals surface area contributed by atoms with Gasteiger partial charge in [-0.15, -0.1) is 0 Å². The molecule has 4 rings (SSSR count). The highest BCUT2D eigenvalue weighted by Gasteiger charge is 2.44. The lowest BCUT2D eigenvalue weighted by Gasteiger charge is -2.24. The third kappa shape index (κ3) is 6.49. The van der Waals surface area contributed by atoms with Gasteiger partial charge in [0.2, 0.25) is 5.91 Å². The van der Waals surface area contributed by atoms with Crippen molar-refractivity contribution in [2.24, 2.45) is 0 Å². The minimum absolute atomic E-state index is 0.00265. The molecule has 0 bridgehead atoms. The molecule has 3 aromatic rings. The molecule has 0 radical (unpaired) electrons. The van der Waals surface area contributed by atoms with Crippen molar-refractivity contribution in [1.82, 2.24) is 4.90 Å². The van der Waals surface area contributed by atoms with Crippen molar-refractivity contribution in [2.45, 2.75) is 25.1 Å². The Morgan fingerprint density at radius 2 is 1.73 bits per heavy atom. The molecule has 1 unspecified atom stereocenters. The maximum absolute atomic E-state index is 13.5. The number of amides is 2. The third-order valence-corrected chi connectivity index (χ3v) is 7.01. The minimum atomic E-state index is -4.58. The molecule has 1 aliphatic rings. The predicted molar refractivity (Wildman–Crippen MR) is 145 cm³/mol. The highest BCUT2D eigenvalue weighted by Crippen LogP contribution is 2.34. The van der Waals surface area contributed by atoms with Crippen LogP contribution in [-0.4, -0.2) is 34.4 Å². The van der Waals surface area contributed by atoms with Gasteiger partial charge in [0.05, 0.1) is 17.7 Å². The van der Waals surface area contributed by atoms with Gasteiger partial charge in [0, 0.05) is 21.7 Å². The normalized spacial score (nSPS) is 15.9. The molecule has 5 nitrogen and oxygen atoms in total. The average Bonchev–Trinajstić information content (AvgIpc) is 3.08. The molecule has 1 atom stereocenters. The molecule has 37 heavy (non-hydrogen) atoms. The summed E-state index contributed by atoms with van der Waals surface area (Å²) in [5.41, 5.74) is 0.570. The van der Waals surface area contributed by atoms with Gasteiger partial charge in [0.25, 0.3) is 5.91 Å². The highest BCUT2D eigenvalue weighted by atomic mass is 79.9. The number of nitrogens with one attached hydrogen (secondary N) is 1. The van der Waals surface area contributed by atoms with E-state index in [2.05, 4.69) is 21.2 Å². The second kappa shape index (κ2) is 11.2. The van der Waals surface area contributed by atoms with Gasteiger partial charge in [-0.05, 0) is 78.8 Å². The molecule has 0 saturated carbocycles. The number of hydrogen-bond donors (Lipinski definition) is 1. The lowest BCUT2D eigenvalue weighted by Crippen LogP contribution is -2.39. The number of thiocarbonyl (C=S) groups is 1. The Morgan fingerprint density at radius 1 is 1.05 bits per heavy atom. The van der Waals surface area contributed by atoms with E-state index in [9.17, 15) is 22.8 Å². The third-order valence-electron chi connectivity index (χ3n) is 5.81. The molecule has 0 spiro atoms. The number of carbonyl (C=O) groups is 2. The average molecular weight is 611 g/mol. The fraction of sp³-hybridized carbons (Fsp3) is 0.192. The van der Waals surface area contributed by atoms with E-state index in [-0.39, 0.29) is 23.8 Å². The van der Waals surface area contributed by atoms with Gasteiger partial charge in [0.1, 0.15) is 6.04 Å². The second-order valence-electron chi connectivity index (χ2n) is 8.35. The number of alkyl halides is 3. The zero-order valence-electron chi connectivity index (χ0n) is 19.1. The summed E-state index contributed by atoms with van der Waals surface area (Å²) in [5, 5.41) is 3.37. The molecule has 1 fully saturated rings. The topological polar surface area (TPSA) is 52.7 Å². The van der Waals surface area contributed by atoms with Crippen LogP contribution in [0.4, 0.5) is 24.5 Å². The van der Waals surface area contributed by atoms with Crippen LogP contribution in [-0.2, 0) is 22.2 Å². The Labute approximate surface area is 230 Å².